The number of aryl methyl sites for hydroxylation is 1. The fourth-order valence-electron chi connectivity index (χ4n) is 7.57. The van der Waals surface area contributed by atoms with Gasteiger partial charge in [-0.2, -0.15) is 0 Å². The second-order valence-corrected chi connectivity index (χ2v) is 15.2. The number of aromatic nitrogens is 1. The molecule has 53 heavy (non-hydrogen) atoms. The zero-order chi connectivity index (χ0) is 38.1. The number of halogens is 3. The maximum Gasteiger partial charge on any atom is 0.338 e. The SMILES string of the molecule is CCOC(=O)C1=C(CN2CC(F)(F)[C@H]3[C@@H]2CCN3C[C@H](OC)C(C)(C)C(=O)OCc2ccccc2)NC(c2nc(C)cs2)=N[C@H]1c1cccc(F)c1C. The lowest BCUT2D eigenvalue weighted by Gasteiger charge is -2.36. The molecule has 6 rings (SSSR count). The van der Waals surface area contributed by atoms with Gasteiger partial charge in [0, 0.05) is 49.6 Å². The highest BCUT2D eigenvalue weighted by atomic mass is 32.1. The Morgan fingerprint density at radius 3 is 2.53 bits per heavy atom. The largest absolute Gasteiger partial charge is 0.463 e. The highest BCUT2D eigenvalue weighted by Gasteiger charge is 2.60. The fourth-order valence-corrected chi connectivity index (χ4v) is 8.32. The zero-order valence-corrected chi connectivity index (χ0v) is 31.6. The number of nitrogens with one attached hydrogen (secondary N) is 1. The minimum absolute atomic E-state index is 0.0437. The zero-order valence-electron chi connectivity index (χ0n) is 30.8. The van der Waals surface area contributed by atoms with Crippen LogP contribution in [0, 0.1) is 25.1 Å². The van der Waals surface area contributed by atoms with Crippen LogP contribution in [-0.4, -0.2) is 96.6 Å². The fraction of sp³-hybridized carbons (Fsp3) is 0.487. The van der Waals surface area contributed by atoms with E-state index in [2.05, 4.69) is 10.3 Å². The summed E-state index contributed by atoms with van der Waals surface area (Å²) in [5, 5.41) is 5.67. The molecule has 10 nitrogen and oxygen atoms in total. The van der Waals surface area contributed by atoms with E-state index < -0.39 is 59.9 Å². The second kappa shape index (κ2) is 15.7. The van der Waals surface area contributed by atoms with Crippen LogP contribution >= 0.6 is 11.3 Å². The van der Waals surface area contributed by atoms with Crippen LogP contribution in [0.5, 0.6) is 0 Å². The van der Waals surface area contributed by atoms with E-state index in [1.54, 1.807) is 49.6 Å². The predicted molar refractivity (Wildman–Crippen MR) is 195 cm³/mol. The summed E-state index contributed by atoms with van der Waals surface area (Å²) in [5.74, 6) is -4.37. The van der Waals surface area contributed by atoms with E-state index in [-0.39, 0.29) is 31.9 Å². The standard InChI is InChI=1S/C39H46F3N5O5S/c1-7-51-36(48)31-28(44-34(35-43-23(2)21-53-35)45-32(31)26-14-11-15-27(40)24(26)3)18-47-22-39(41,42)33-29(47)16-17-46(33)19-30(50-6)38(4,5)37(49)52-20-25-12-9-8-10-13-25/h8-15,21,29-30,32-33H,7,16-20,22H2,1-6H3,(H,44,45)/t29-,30-,32-,33+/m0/s1. The molecule has 0 unspecified atom stereocenters. The van der Waals surface area contributed by atoms with Gasteiger partial charge in [0.25, 0.3) is 5.92 Å². The quantitative estimate of drug-likeness (QED) is 0.211. The minimum atomic E-state index is -3.13. The second-order valence-electron chi connectivity index (χ2n) is 14.3. The van der Waals surface area contributed by atoms with Crippen molar-refractivity contribution in [2.75, 3.05) is 39.9 Å². The third kappa shape index (κ3) is 7.91. The van der Waals surface area contributed by atoms with Crippen LogP contribution in [-0.2, 0) is 30.4 Å². The van der Waals surface area contributed by atoms with Crippen molar-refractivity contribution in [1.29, 1.82) is 0 Å². The van der Waals surface area contributed by atoms with Crippen LogP contribution in [0.4, 0.5) is 13.2 Å². The van der Waals surface area contributed by atoms with Gasteiger partial charge in [-0.3, -0.25) is 19.6 Å². The Balaban J connectivity index is 1.27. The number of benzene rings is 2. The van der Waals surface area contributed by atoms with Crippen molar-refractivity contribution in [1.82, 2.24) is 20.1 Å². The molecule has 14 heteroatoms. The smallest absolute Gasteiger partial charge is 0.338 e. The lowest BCUT2D eigenvalue weighted by atomic mass is 9.85. The van der Waals surface area contributed by atoms with Gasteiger partial charge in [-0.15, -0.1) is 11.3 Å². The van der Waals surface area contributed by atoms with E-state index >= 15 is 8.78 Å². The number of carbonyl (C=O) groups is 2. The summed E-state index contributed by atoms with van der Waals surface area (Å²) in [6.07, 6.45) is -0.306. The molecule has 0 spiro atoms. The number of likely N-dealkylation sites (tertiary alicyclic amines) is 2. The Morgan fingerprint density at radius 2 is 1.85 bits per heavy atom. The molecule has 0 bridgehead atoms. The van der Waals surface area contributed by atoms with Crippen LogP contribution in [0.25, 0.3) is 0 Å². The number of hydrogen-bond acceptors (Lipinski definition) is 11. The number of amidine groups is 1. The molecule has 2 saturated heterocycles. The van der Waals surface area contributed by atoms with Crippen molar-refractivity contribution in [3.8, 4) is 0 Å². The summed E-state index contributed by atoms with van der Waals surface area (Å²) >= 11 is 1.35. The Hall–Kier alpha value is -4.11. The lowest BCUT2D eigenvalue weighted by Crippen LogP contribution is -2.52. The van der Waals surface area contributed by atoms with Gasteiger partial charge in [0.2, 0.25) is 0 Å². The van der Waals surface area contributed by atoms with E-state index in [1.807, 2.05) is 42.6 Å². The highest BCUT2D eigenvalue weighted by Crippen LogP contribution is 2.44. The molecule has 4 heterocycles. The molecule has 2 fully saturated rings. The van der Waals surface area contributed by atoms with Gasteiger partial charge < -0.3 is 19.5 Å². The van der Waals surface area contributed by atoms with E-state index in [9.17, 15) is 14.0 Å². The molecule has 3 aliphatic heterocycles. The van der Waals surface area contributed by atoms with Crippen molar-refractivity contribution >= 4 is 29.1 Å². The van der Waals surface area contributed by atoms with Crippen LogP contribution in [0.15, 0.2) is 70.2 Å². The molecule has 2 aromatic carbocycles. The number of rotatable bonds is 13. The number of methoxy groups -OCH3 is 1. The molecule has 3 aromatic rings. The van der Waals surface area contributed by atoms with Gasteiger partial charge in [0.1, 0.15) is 18.5 Å². The normalized spacial score (nSPS) is 22.3. The number of alkyl halides is 2. The predicted octanol–water partition coefficient (Wildman–Crippen LogP) is 5.99. The molecule has 0 amide bonds. The maximum atomic E-state index is 16.2. The van der Waals surface area contributed by atoms with Crippen molar-refractivity contribution < 1.29 is 37.0 Å². The Kier molecular flexibility index (Phi) is 11.4. The first kappa shape index (κ1) is 38.6. The summed E-state index contributed by atoms with van der Waals surface area (Å²) in [4.78, 5) is 39.9. The van der Waals surface area contributed by atoms with Gasteiger partial charge in [-0.25, -0.2) is 22.9 Å². The molecule has 4 atom stereocenters. The number of thiazole rings is 1. The molecular formula is C39H46F3N5O5S. The van der Waals surface area contributed by atoms with E-state index in [0.29, 0.717) is 40.6 Å². The van der Waals surface area contributed by atoms with Crippen LogP contribution in [0.1, 0.15) is 60.6 Å². The monoisotopic (exact) mass is 753 g/mol. The summed E-state index contributed by atoms with van der Waals surface area (Å²) in [6.45, 7) is 8.56. The van der Waals surface area contributed by atoms with E-state index in [1.165, 1.54) is 24.5 Å². The minimum Gasteiger partial charge on any atom is -0.463 e. The average Bonchev–Trinajstić information content (AvgIpc) is 3.83. The van der Waals surface area contributed by atoms with Crippen molar-refractivity contribution in [3.05, 3.63) is 98.4 Å². The number of hydrogen-bond donors (Lipinski definition) is 1. The molecule has 3 aliphatic rings. The van der Waals surface area contributed by atoms with Crippen LogP contribution in [0.3, 0.4) is 0 Å². The number of nitrogens with zero attached hydrogens (tertiary/aromatic N) is 4. The number of ether oxygens (including phenoxy) is 3. The van der Waals surface area contributed by atoms with Crippen molar-refractivity contribution in [2.24, 2.45) is 10.4 Å². The number of esters is 2. The first-order valence-corrected chi connectivity index (χ1v) is 18.7. The third-order valence-corrected chi connectivity index (χ3v) is 11.4. The van der Waals surface area contributed by atoms with Crippen LogP contribution < -0.4 is 5.32 Å². The first-order valence-electron chi connectivity index (χ1n) is 17.8. The maximum absolute atomic E-state index is 16.2. The first-order chi connectivity index (χ1) is 25.2. The summed E-state index contributed by atoms with van der Waals surface area (Å²) in [7, 11) is 1.47. The summed E-state index contributed by atoms with van der Waals surface area (Å²) < 4.78 is 64.3. The lowest BCUT2D eigenvalue weighted by molar-refractivity contribution is -0.165. The molecule has 0 saturated carbocycles. The molecular weight excluding hydrogens is 708 g/mol. The highest BCUT2D eigenvalue weighted by molar-refractivity contribution is 7.11. The van der Waals surface area contributed by atoms with Crippen molar-refractivity contribution in [2.45, 2.75) is 77.8 Å². The number of fused-ring (bicyclic) bond motifs is 1. The Bertz CT molecular complexity index is 1880. The van der Waals surface area contributed by atoms with Gasteiger partial charge >= 0.3 is 11.9 Å². The van der Waals surface area contributed by atoms with E-state index in [4.69, 9.17) is 19.2 Å². The molecule has 0 aliphatic carbocycles. The van der Waals surface area contributed by atoms with Gasteiger partial charge in [-0.05, 0) is 63.8 Å². The number of aliphatic imine (C=N–C) groups is 1. The topological polar surface area (TPSA) is 106 Å². The van der Waals surface area contributed by atoms with Crippen LogP contribution in [0.2, 0.25) is 0 Å². The van der Waals surface area contributed by atoms with Crippen molar-refractivity contribution in [3.63, 3.8) is 0 Å². The number of carbonyl (C=O) groups excluding carboxylic acids is 2. The summed E-state index contributed by atoms with van der Waals surface area (Å²) in [6, 6.07) is 11.2. The molecule has 1 aromatic heterocycles. The van der Waals surface area contributed by atoms with Gasteiger partial charge in [-0.1, -0.05) is 42.5 Å². The molecule has 0 radical (unpaired) electrons. The Labute approximate surface area is 312 Å². The summed E-state index contributed by atoms with van der Waals surface area (Å²) in [5.41, 5.74) is 1.74. The molecule has 1 N–H and O–H groups in total. The Morgan fingerprint density at radius 1 is 1.09 bits per heavy atom. The molecule has 284 valence electrons. The average molecular weight is 754 g/mol. The van der Waals surface area contributed by atoms with Gasteiger partial charge in [0.15, 0.2) is 10.8 Å². The third-order valence-electron chi connectivity index (χ3n) is 10.4. The van der Waals surface area contributed by atoms with E-state index in [0.717, 1.165) is 11.3 Å². The van der Waals surface area contributed by atoms with Gasteiger partial charge in [0.05, 0.1) is 36.3 Å².